The Balaban J connectivity index is 1.92. The Bertz CT molecular complexity index is 720. The maximum atomic E-state index is 13.2. The van der Waals surface area contributed by atoms with Gasteiger partial charge in [0.25, 0.3) is 0 Å². The SMILES string of the molecule is CCCNCc1ncoc1-c1cc2ccc(F)cc2s1. The summed E-state index contributed by atoms with van der Waals surface area (Å²) >= 11 is 1.52. The Kier molecular flexibility index (Phi) is 3.80. The van der Waals surface area contributed by atoms with Gasteiger partial charge in [-0.15, -0.1) is 11.3 Å². The van der Waals surface area contributed by atoms with Crippen LogP contribution >= 0.6 is 11.3 Å². The van der Waals surface area contributed by atoms with Gasteiger partial charge in [0.05, 0.1) is 4.88 Å². The summed E-state index contributed by atoms with van der Waals surface area (Å²) in [5, 5.41) is 4.34. The first-order valence-electron chi connectivity index (χ1n) is 6.60. The van der Waals surface area contributed by atoms with Crippen LogP contribution in [0, 0.1) is 5.82 Å². The fourth-order valence-corrected chi connectivity index (χ4v) is 3.19. The van der Waals surface area contributed by atoms with Crippen LogP contribution in [0.3, 0.4) is 0 Å². The van der Waals surface area contributed by atoms with E-state index in [1.165, 1.54) is 23.8 Å². The highest BCUT2D eigenvalue weighted by Gasteiger charge is 2.13. The normalized spacial score (nSPS) is 11.3. The summed E-state index contributed by atoms with van der Waals surface area (Å²) in [5.41, 5.74) is 0.894. The number of fused-ring (bicyclic) bond motifs is 1. The molecule has 1 N–H and O–H groups in total. The lowest BCUT2D eigenvalue weighted by atomic mass is 10.2. The molecular formula is C15H15FN2OS. The molecule has 0 aliphatic heterocycles. The number of hydrogen-bond acceptors (Lipinski definition) is 4. The van der Waals surface area contributed by atoms with Gasteiger partial charge in [-0.1, -0.05) is 13.0 Å². The lowest BCUT2D eigenvalue weighted by Crippen LogP contribution is -2.14. The van der Waals surface area contributed by atoms with Crippen molar-refractivity contribution in [3.05, 3.63) is 42.2 Å². The van der Waals surface area contributed by atoms with E-state index in [0.29, 0.717) is 6.54 Å². The number of benzene rings is 1. The van der Waals surface area contributed by atoms with E-state index in [-0.39, 0.29) is 5.82 Å². The van der Waals surface area contributed by atoms with Crippen LogP contribution in [-0.4, -0.2) is 11.5 Å². The molecule has 3 nitrogen and oxygen atoms in total. The summed E-state index contributed by atoms with van der Waals surface area (Å²) in [7, 11) is 0. The number of oxazole rings is 1. The van der Waals surface area contributed by atoms with Crippen LogP contribution in [-0.2, 0) is 6.54 Å². The molecule has 0 saturated heterocycles. The third-order valence-electron chi connectivity index (χ3n) is 3.07. The standard InChI is InChI=1S/C15H15FN2OS/c1-2-5-17-8-12-15(19-9-18-12)14-6-10-3-4-11(16)7-13(10)20-14/h3-4,6-7,9,17H,2,5,8H2,1H3. The molecule has 2 heterocycles. The van der Waals surface area contributed by atoms with E-state index < -0.39 is 0 Å². The zero-order chi connectivity index (χ0) is 13.9. The van der Waals surface area contributed by atoms with Crippen molar-refractivity contribution in [2.24, 2.45) is 0 Å². The second-order valence-electron chi connectivity index (χ2n) is 4.60. The van der Waals surface area contributed by atoms with Crippen LogP contribution in [0.15, 0.2) is 35.1 Å². The van der Waals surface area contributed by atoms with Crippen LogP contribution in [0.1, 0.15) is 19.0 Å². The highest BCUT2D eigenvalue weighted by molar-refractivity contribution is 7.22. The molecule has 0 amide bonds. The van der Waals surface area contributed by atoms with Gasteiger partial charge in [-0.3, -0.25) is 0 Å². The van der Waals surface area contributed by atoms with Gasteiger partial charge in [-0.05, 0) is 36.6 Å². The van der Waals surface area contributed by atoms with Crippen molar-refractivity contribution in [1.82, 2.24) is 10.3 Å². The molecule has 1 aromatic carbocycles. The number of aromatic nitrogens is 1. The number of nitrogens with zero attached hydrogens (tertiary/aromatic N) is 1. The van der Waals surface area contributed by atoms with Crippen molar-refractivity contribution in [3.63, 3.8) is 0 Å². The number of halogens is 1. The predicted molar refractivity (Wildman–Crippen MR) is 79.3 cm³/mol. The lowest BCUT2D eigenvalue weighted by molar-refractivity contribution is 0.570. The second-order valence-corrected chi connectivity index (χ2v) is 5.68. The summed E-state index contributed by atoms with van der Waals surface area (Å²) in [6.07, 6.45) is 2.54. The van der Waals surface area contributed by atoms with Gasteiger partial charge in [-0.25, -0.2) is 9.37 Å². The molecule has 0 radical (unpaired) electrons. The van der Waals surface area contributed by atoms with Gasteiger partial charge in [0.15, 0.2) is 12.2 Å². The zero-order valence-corrected chi connectivity index (χ0v) is 12.0. The van der Waals surface area contributed by atoms with Crippen molar-refractivity contribution in [2.75, 3.05) is 6.54 Å². The molecule has 0 fully saturated rings. The van der Waals surface area contributed by atoms with E-state index in [9.17, 15) is 4.39 Å². The van der Waals surface area contributed by atoms with Crippen LogP contribution in [0.25, 0.3) is 20.7 Å². The molecule has 104 valence electrons. The van der Waals surface area contributed by atoms with Gasteiger partial charge in [0.2, 0.25) is 0 Å². The largest absolute Gasteiger partial charge is 0.442 e. The second kappa shape index (κ2) is 5.73. The molecule has 0 spiro atoms. The molecule has 0 atom stereocenters. The minimum atomic E-state index is -0.215. The zero-order valence-electron chi connectivity index (χ0n) is 11.1. The van der Waals surface area contributed by atoms with Crippen molar-refractivity contribution >= 4 is 21.4 Å². The Hall–Kier alpha value is -1.72. The molecule has 0 bridgehead atoms. The van der Waals surface area contributed by atoms with E-state index >= 15 is 0 Å². The molecular weight excluding hydrogens is 275 g/mol. The van der Waals surface area contributed by atoms with E-state index in [1.807, 2.05) is 6.07 Å². The topological polar surface area (TPSA) is 38.1 Å². The molecule has 0 unspecified atom stereocenters. The van der Waals surface area contributed by atoms with Crippen molar-refractivity contribution in [3.8, 4) is 10.6 Å². The third kappa shape index (κ3) is 2.59. The monoisotopic (exact) mass is 290 g/mol. The number of thiophene rings is 1. The van der Waals surface area contributed by atoms with Crippen molar-refractivity contribution in [1.29, 1.82) is 0 Å². The fraction of sp³-hybridized carbons (Fsp3) is 0.267. The van der Waals surface area contributed by atoms with Crippen LogP contribution < -0.4 is 5.32 Å². The van der Waals surface area contributed by atoms with Gasteiger partial charge in [0.1, 0.15) is 11.5 Å². The molecule has 3 rings (SSSR count). The van der Waals surface area contributed by atoms with E-state index in [4.69, 9.17) is 4.42 Å². The Labute approximate surface area is 120 Å². The third-order valence-corrected chi connectivity index (χ3v) is 4.16. The fourth-order valence-electron chi connectivity index (χ4n) is 2.10. The number of nitrogens with one attached hydrogen (secondary N) is 1. The van der Waals surface area contributed by atoms with Gasteiger partial charge in [-0.2, -0.15) is 0 Å². The first-order valence-corrected chi connectivity index (χ1v) is 7.42. The first kappa shape index (κ1) is 13.3. The average Bonchev–Trinajstić information content (AvgIpc) is 3.04. The molecule has 3 aromatic rings. The van der Waals surface area contributed by atoms with Gasteiger partial charge >= 0.3 is 0 Å². The summed E-state index contributed by atoms with van der Waals surface area (Å²) in [6, 6.07) is 6.83. The summed E-state index contributed by atoms with van der Waals surface area (Å²) < 4.78 is 19.7. The maximum Gasteiger partial charge on any atom is 0.181 e. The van der Waals surface area contributed by atoms with Crippen molar-refractivity contribution in [2.45, 2.75) is 19.9 Å². The molecule has 0 aliphatic rings. The molecule has 0 aliphatic carbocycles. The summed E-state index contributed by atoms with van der Waals surface area (Å²) in [4.78, 5) is 5.24. The molecule has 2 aromatic heterocycles. The number of hydrogen-bond donors (Lipinski definition) is 1. The smallest absolute Gasteiger partial charge is 0.181 e. The van der Waals surface area contributed by atoms with Gasteiger partial charge in [0, 0.05) is 11.2 Å². The van der Waals surface area contributed by atoms with Crippen molar-refractivity contribution < 1.29 is 8.81 Å². The predicted octanol–water partition coefficient (Wildman–Crippen LogP) is 4.20. The highest BCUT2D eigenvalue weighted by atomic mass is 32.1. The summed E-state index contributed by atoms with van der Waals surface area (Å²) in [6.45, 7) is 3.75. The lowest BCUT2D eigenvalue weighted by Gasteiger charge is -2.00. The minimum absolute atomic E-state index is 0.215. The minimum Gasteiger partial charge on any atom is -0.442 e. The Morgan fingerprint density at radius 1 is 1.35 bits per heavy atom. The maximum absolute atomic E-state index is 13.2. The van der Waals surface area contributed by atoms with E-state index in [0.717, 1.165) is 39.4 Å². The highest BCUT2D eigenvalue weighted by Crippen LogP contribution is 2.35. The molecule has 5 heteroatoms. The Morgan fingerprint density at radius 3 is 3.10 bits per heavy atom. The van der Waals surface area contributed by atoms with Gasteiger partial charge < -0.3 is 9.73 Å². The quantitative estimate of drug-likeness (QED) is 0.716. The van der Waals surface area contributed by atoms with E-state index in [2.05, 4.69) is 17.2 Å². The summed E-state index contributed by atoms with van der Waals surface area (Å²) in [5.74, 6) is 0.559. The first-order chi connectivity index (χ1) is 9.78. The average molecular weight is 290 g/mol. The Morgan fingerprint density at radius 2 is 2.25 bits per heavy atom. The van der Waals surface area contributed by atoms with E-state index in [1.54, 1.807) is 12.1 Å². The number of rotatable bonds is 5. The van der Waals surface area contributed by atoms with Crippen LogP contribution in [0.2, 0.25) is 0 Å². The van der Waals surface area contributed by atoms with Crippen LogP contribution in [0.4, 0.5) is 4.39 Å². The molecule has 20 heavy (non-hydrogen) atoms. The van der Waals surface area contributed by atoms with Crippen LogP contribution in [0.5, 0.6) is 0 Å². The molecule has 0 saturated carbocycles.